The lowest BCUT2D eigenvalue weighted by molar-refractivity contribution is 0.767. The van der Waals surface area contributed by atoms with Crippen LogP contribution < -0.4 is 5.32 Å². The molecule has 0 aliphatic carbocycles. The van der Waals surface area contributed by atoms with Crippen LogP contribution in [0.25, 0.3) is 11.5 Å². The third-order valence-corrected chi connectivity index (χ3v) is 3.42. The van der Waals surface area contributed by atoms with E-state index < -0.39 is 0 Å². The van der Waals surface area contributed by atoms with Crippen LogP contribution in [0.15, 0.2) is 16.7 Å². The van der Waals surface area contributed by atoms with Gasteiger partial charge in [-0.15, -0.1) is 0 Å². The van der Waals surface area contributed by atoms with E-state index in [1.807, 2.05) is 26.4 Å². The molecule has 0 radical (unpaired) electrons. The second kappa shape index (κ2) is 5.48. The highest BCUT2D eigenvalue weighted by Gasteiger charge is 2.13. The topological polar surface area (TPSA) is 55.6 Å². The Kier molecular flexibility index (Phi) is 3.96. The Morgan fingerprint density at radius 1 is 1.39 bits per heavy atom. The largest absolute Gasteiger partial charge is 0.372 e. The van der Waals surface area contributed by atoms with Gasteiger partial charge >= 0.3 is 0 Å². The summed E-state index contributed by atoms with van der Waals surface area (Å²) in [5.74, 6) is 1.46. The van der Waals surface area contributed by atoms with Crippen molar-refractivity contribution in [3.05, 3.63) is 22.4 Å². The van der Waals surface area contributed by atoms with Gasteiger partial charge in [-0.1, -0.05) is 13.3 Å². The number of rotatable bonds is 4. The van der Waals surface area contributed by atoms with E-state index in [0.29, 0.717) is 5.82 Å². The number of aryl methyl sites for hydroxylation is 2. The van der Waals surface area contributed by atoms with E-state index in [-0.39, 0.29) is 0 Å². The van der Waals surface area contributed by atoms with Gasteiger partial charge in [0.05, 0.1) is 10.2 Å². The molecule has 96 valence electrons. The minimum atomic E-state index is 0.659. The van der Waals surface area contributed by atoms with Crippen molar-refractivity contribution in [1.82, 2.24) is 19.7 Å². The maximum atomic E-state index is 4.58. The molecule has 0 amide bonds. The zero-order chi connectivity index (χ0) is 13.1. The third kappa shape index (κ3) is 2.53. The molecular weight excluding hydrogens is 294 g/mol. The van der Waals surface area contributed by atoms with Crippen molar-refractivity contribution in [2.24, 2.45) is 7.05 Å². The number of hydrogen-bond donors (Lipinski definition) is 1. The van der Waals surface area contributed by atoms with Crippen LogP contribution in [0.5, 0.6) is 0 Å². The van der Waals surface area contributed by atoms with Crippen LogP contribution in [0.4, 0.5) is 5.82 Å². The minimum Gasteiger partial charge on any atom is -0.372 e. The average Bonchev–Trinajstić information content (AvgIpc) is 2.79. The molecule has 0 saturated heterocycles. The normalized spacial score (nSPS) is 10.7. The molecule has 0 bridgehead atoms. The zero-order valence-electron chi connectivity index (χ0n) is 10.7. The Morgan fingerprint density at radius 3 is 2.72 bits per heavy atom. The molecule has 0 saturated carbocycles. The van der Waals surface area contributed by atoms with Crippen LogP contribution in [0.2, 0.25) is 0 Å². The first-order valence-electron chi connectivity index (χ1n) is 5.90. The predicted octanol–water partition coefficient (Wildman–Crippen LogP) is 2.63. The van der Waals surface area contributed by atoms with E-state index in [9.17, 15) is 0 Å². The Bertz CT molecular complexity index is 549. The number of anilines is 1. The summed E-state index contributed by atoms with van der Waals surface area (Å²) in [4.78, 5) is 9.05. The summed E-state index contributed by atoms with van der Waals surface area (Å²) in [6, 6.07) is 1.92. The molecule has 1 N–H and O–H groups in total. The molecule has 0 aliphatic rings. The summed E-state index contributed by atoms with van der Waals surface area (Å²) < 4.78 is 2.69. The third-order valence-electron chi connectivity index (χ3n) is 2.59. The molecular formula is C12H16BrN5. The molecule has 0 aliphatic heterocycles. The molecule has 2 rings (SSSR count). The van der Waals surface area contributed by atoms with E-state index >= 15 is 0 Å². The number of hydrogen-bond acceptors (Lipinski definition) is 4. The van der Waals surface area contributed by atoms with Crippen LogP contribution >= 0.6 is 15.9 Å². The average molecular weight is 310 g/mol. The maximum absolute atomic E-state index is 4.58. The quantitative estimate of drug-likeness (QED) is 0.943. The van der Waals surface area contributed by atoms with Crippen LogP contribution in [-0.4, -0.2) is 26.8 Å². The van der Waals surface area contributed by atoms with Gasteiger partial charge in [-0.3, -0.25) is 4.68 Å². The van der Waals surface area contributed by atoms with Crippen LogP contribution in [0.1, 0.15) is 19.0 Å². The smallest absolute Gasteiger partial charge is 0.182 e. The van der Waals surface area contributed by atoms with E-state index in [1.54, 1.807) is 4.68 Å². The highest BCUT2D eigenvalue weighted by molar-refractivity contribution is 9.10. The van der Waals surface area contributed by atoms with Gasteiger partial charge in [0.1, 0.15) is 11.5 Å². The molecule has 2 aromatic heterocycles. The summed E-state index contributed by atoms with van der Waals surface area (Å²) in [5, 5.41) is 7.41. The standard InChI is InChI=1S/C12H16BrN5/c1-4-5-8-10(13)12(14-2)16-11(15-8)9-6-7-18(3)17-9/h6-7H,4-5H2,1-3H3,(H,14,15,16). The predicted molar refractivity (Wildman–Crippen MR) is 75.5 cm³/mol. The van der Waals surface area contributed by atoms with E-state index in [0.717, 1.165) is 34.5 Å². The van der Waals surface area contributed by atoms with Crippen LogP contribution in [-0.2, 0) is 13.5 Å². The van der Waals surface area contributed by atoms with Crippen LogP contribution in [0, 0.1) is 0 Å². The van der Waals surface area contributed by atoms with Gasteiger partial charge < -0.3 is 5.32 Å². The first-order chi connectivity index (χ1) is 8.65. The molecule has 0 atom stereocenters. The number of nitrogens with zero attached hydrogens (tertiary/aromatic N) is 4. The monoisotopic (exact) mass is 309 g/mol. The summed E-state index contributed by atoms with van der Waals surface area (Å²) in [6.45, 7) is 2.13. The fraction of sp³-hybridized carbons (Fsp3) is 0.417. The van der Waals surface area contributed by atoms with Gasteiger partial charge in [-0.2, -0.15) is 5.10 Å². The molecule has 2 aromatic rings. The van der Waals surface area contributed by atoms with Gasteiger partial charge in [0, 0.05) is 20.3 Å². The van der Waals surface area contributed by atoms with E-state index in [1.165, 1.54) is 0 Å². The number of halogens is 1. The van der Waals surface area contributed by atoms with Crippen molar-refractivity contribution in [3.8, 4) is 11.5 Å². The lowest BCUT2D eigenvalue weighted by atomic mass is 10.2. The second-order valence-electron chi connectivity index (χ2n) is 4.03. The lowest BCUT2D eigenvalue weighted by Crippen LogP contribution is -2.03. The summed E-state index contributed by atoms with van der Waals surface area (Å²) in [7, 11) is 3.74. The number of aromatic nitrogens is 4. The first kappa shape index (κ1) is 13.0. The van der Waals surface area contributed by atoms with Crippen LogP contribution in [0.3, 0.4) is 0 Å². The molecule has 6 heteroatoms. The van der Waals surface area contributed by atoms with E-state index in [4.69, 9.17) is 0 Å². The SMILES string of the molecule is CCCc1nc(-c2ccn(C)n2)nc(NC)c1Br. The van der Waals surface area contributed by atoms with Crippen molar-refractivity contribution < 1.29 is 0 Å². The Morgan fingerprint density at radius 2 is 2.17 bits per heavy atom. The van der Waals surface area contributed by atoms with Gasteiger partial charge in [-0.05, 0) is 28.4 Å². The molecule has 0 aromatic carbocycles. The molecule has 0 unspecified atom stereocenters. The first-order valence-corrected chi connectivity index (χ1v) is 6.69. The van der Waals surface area contributed by atoms with Crippen molar-refractivity contribution >= 4 is 21.7 Å². The van der Waals surface area contributed by atoms with E-state index in [2.05, 4.69) is 43.2 Å². The van der Waals surface area contributed by atoms with Gasteiger partial charge in [-0.25, -0.2) is 9.97 Å². The minimum absolute atomic E-state index is 0.659. The fourth-order valence-corrected chi connectivity index (χ4v) is 2.28. The summed E-state index contributed by atoms with van der Waals surface area (Å²) in [6.07, 6.45) is 3.84. The van der Waals surface area contributed by atoms with Crippen molar-refractivity contribution in [1.29, 1.82) is 0 Å². The molecule has 2 heterocycles. The second-order valence-corrected chi connectivity index (χ2v) is 4.82. The molecule has 5 nitrogen and oxygen atoms in total. The Balaban J connectivity index is 2.51. The Labute approximate surface area is 115 Å². The van der Waals surface area contributed by atoms with Crippen molar-refractivity contribution in [2.45, 2.75) is 19.8 Å². The highest BCUT2D eigenvalue weighted by Crippen LogP contribution is 2.27. The van der Waals surface area contributed by atoms with Gasteiger partial charge in [0.2, 0.25) is 0 Å². The molecule has 0 spiro atoms. The maximum Gasteiger partial charge on any atom is 0.182 e. The van der Waals surface area contributed by atoms with Gasteiger partial charge in [0.15, 0.2) is 5.82 Å². The molecule has 18 heavy (non-hydrogen) atoms. The fourth-order valence-electron chi connectivity index (χ4n) is 1.71. The summed E-state index contributed by atoms with van der Waals surface area (Å²) >= 11 is 3.54. The summed E-state index contributed by atoms with van der Waals surface area (Å²) in [5.41, 5.74) is 1.80. The van der Waals surface area contributed by atoms with Crippen molar-refractivity contribution in [2.75, 3.05) is 12.4 Å². The lowest BCUT2D eigenvalue weighted by Gasteiger charge is -2.09. The Hall–Kier alpha value is -1.43. The molecule has 0 fully saturated rings. The number of nitrogens with one attached hydrogen (secondary N) is 1. The van der Waals surface area contributed by atoms with Crippen molar-refractivity contribution in [3.63, 3.8) is 0 Å². The van der Waals surface area contributed by atoms with Gasteiger partial charge in [0.25, 0.3) is 0 Å². The zero-order valence-corrected chi connectivity index (χ0v) is 12.3. The highest BCUT2D eigenvalue weighted by atomic mass is 79.9.